The van der Waals surface area contributed by atoms with Crippen LogP contribution in [0.1, 0.15) is 11.1 Å². The Kier molecular flexibility index (Phi) is 4.50. The van der Waals surface area contributed by atoms with Crippen molar-refractivity contribution < 1.29 is 18.1 Å². The van der Waals surface area contributed by atoms with Crippen molar-refractivity contribution >= 4 is 21.5 Å². The van der Waals surface area contributed by atoms with Crippen LogP contribution in [0.4, 0.5) is 11.5 Å². The van der Waals surface area contributed by atoms with Crippen LogP contribution in [0.25, 0.3) is 0 Å². The first-order valence-electron chi connectivity index (χ1n) is 6.53. The molecule has 0 saturated carbocycles. The number of methoxy groups -OCH3 is 1. The molecule has 2 rings (SSSR count). The van der Waals surface area contributed by atoms with E-state index in [4.69, 9.17) is 4.74 Å². The van der Waals surface area contributed by atoms with Crippen LogP contribution in [0.15, 0.2) is 35.4 Å². The Morgan fingerprint density at radius 3 is 2.52 bits per heavy atom. The first kappa shape index (κ1) is 16.7. The molecule has 122 valence electrons. The van der Waals surface area contributed by atoms with Crippen LogP contribution >= 0.6 is 0 Å². The van der Waals surface area contributed by atoms with Gasteiger partial charge in [-0.2, -0.15) is 0 Å². The van der Waals surface area contributed by atoms with Crippen LogP contribution in [0.2, 0.25) is 0 Å². The van der Waals surface area contributed by atoms with Crippen molar-refractivity contribution in [3.05, 3.63) is 51.7 Å². The van der Waals surface area contributed by atoms with E-state index >= 15 is 0 Å². The second kappa shape index (κ2) is 6.21. The third-order valence-electron chi connectivity index (χ3n) is 3.11. The van der Waals surface area contributed by atoms with E-state index in [0.29, 0.717) is 5.56 Å². The summed E-state index contributed by atoms with van der Waals surface area (Å²) in [5.41, 5.74) is 0.882. The Balaban J connectivity index is 2.43. The lowest BCUT2D eigenvalue weighted by Gasteiger charge is -2.13. The highest BCUT2D eigenvalue weighted by Crippen LogP contribution is 2.27. The number of pyridine rings is 1. The Morgan fingerprint density at radius 1 is 1.26 bits per heavy atom. The molecule has 0 atom stereocenters. The number of nitrogens with zero attached hydrogens (tertiary/aromatic N) is 2. The van der Waals surface area contributed by atoms with Crippen molar-refractivity contribution in [1.29, 1.82) is 0 Å². The lowest BCUT2D eigenvalue weighted by atomic mass is 10.2. The summed E-state index contributed by atoms with van der Waals surface area (Å²) in [6, 6.07) is 6.01. The number of aromatic nitrogens is 1. The molecule has 2 aromatic rings. The van der Waals surface area contributed by atoms with Gasteiger partial charge in [0.25, 0.3) is 15.7 Å². The minimum absolute atomic E-state index is 0.0270. The van der Waals surface area contributed by atoms with Crippen LogP contribution in [0.5, 0.6) is 5.75 Å². The largest absolute Gasteiger partial charge is 0.495 e. The molecule has 1 N–H and O–H groups in total. The fraction of sp³-hybridized carbons (Fsp3) is 0.214. The third-order valence-corrected chi connectivity index (χ3v) is 4.47. The van der Waals surface area contributed by atoms with E-state index in [2.05, 4.69) is 9.71 Å². The smallest absolute Gasteiger partial charge is 0.287 e. The van der Waals surface area contributed by atoms with Crippen molar-refractivity contribution in [3.63, 3.8) is 0 Å². The summed E-state index contributed by atoms with van der Waals surface area (Å²) in [5, 5.41) is 10.7. The standard InChI is InChI=1S/C14H15N3O5S/c1-9-4-5-12(22-3)13(6-9)23(20,21)16-14-10(2)7-11(8-15-14)17(18)19/h4-8H,1-3H3,(H,15,16). The number of anilines is 1. The maximum Gasteiger partial charge on any atom is 0.287 e. The molecule has 0 spiro atoms. The van der Waals surface area contributed by atoms with Gasteiger partial charge in [0.05, 0.1) is 12.0 Å². The number of rotatable bonds is 5. The number of sulfonamides is 1. The molecule has 0 bridgehead atoms. The molecular weight excluding hydrogens is 322 g/mol. The summed E-state index contributed by atoms with van der Waals surface area (Å²) in [5.74, 6) is 0.224. The van der Waals surface area contributed by atoms with Crippen molar-refractivity contribution in [2.75, 3.05) is 11.8 Å². The zero-order chi connectivity index (χ0) is 17.2. The summed E-state index contributed by atoms with van der Waals surface area (Å²) in [4.78, 5) is 13.9. The molecule has 1 aromatic heterocycles. The predicted molar refractivity (Wildman–Crippen MR) is 84.2 cm³/mol. The molecule has 0 aliphatic carbocycles. The van der Waals surface area contributed by atoms with Gasteiger partial charge >= 0.3 is 0 Å². The Morgan fingerprint density at radius 2 is 1.96 bits per heavy atom. The average molecular weight is 337 g/mol. The van der Waals surface area contributed by atoms with Crippen LogP contribution < -0.4 is 9.46 Å². The van der Waals surface area contributed by atoms with Gasteiger partial charge < -0.3 is 4.74 Å². The first-order valence-corrected chi connectivity index (χ1v) is 8.01. The summed E-state index contributed by atoms with van der Waals surface area (Å²) in [7, 11) is -2.57. The molecule has 0 aliphatic rings. The molecule has 0 amide bonds. The lowest BCUT2D eigenvalue weighted by molar-refractivity contribution is -0.385. The van der Waals surface area contributed by atoms with Gasteiger partial charge in [-0.15, -0.1) is 0 Å². The van der Waals surface area contributed by atoms with Crippen LogP contribution in [-0.4, -0.2) is 25.4 Å². The number of hydrogen-bond donors (Lipinski definition) is 1. The van der Waals surface area contributed by atoms with E-state index in [1.165, 1.54) is 26.2 Å². The van der Waals surface area contributed by atoms with Crippen LogP contribution in [0, 0.1) is 24.0 Å². The quantitative estimate of drug-likeness (QED) is 0.662. The predicted octanol–water partition coefficient (Wildman–Crippen LogP) is 2.42. The number of ether oxygens (including phenoxy) is 1. The summed E-state index contributed by atoms with van der Waals surface area (Å²) in [6.07, 6.45) is 0.998. The Labute approximate surface area is 133 Å². The van der Waals surface area contributed by atoms with Crippen molar-refractivity contribution in [1.82, 2.24) is 4.98 Å². The van der Waals surface area contributed by atoms with Gasteiger partial charge in [0, 0.05) is 6.07 Å². The Bertz CT molecular complexity index is 865. The molecule has 8 nitrogen and oxygen atoms in total. The van der Waals surface area contributed by atoms with Gasteiger partial charge in [0.2, 0.25) is 0 Å². The molecule has 0 unspecified atom stereocenters. The van der Waals surface area contributed by atoms with Gasteiger partial charge in [-0.3, -0.25) is 14.8 Å². The number of hydrogen-bond acceptors (Lipinski definition) is 6. The lowest BCUT2D eigenvalue weighted by Crippen LogP contribution is -2.16. The van der Waals surface area contributed by atoms with Gasteiger partial charge in [-0.05, 0) is 37.1 Å². The molecule has 1 heterocycles. The van der Waals surface area contributed by atoms with Gasteiger partial charge in [0.15, 0.2) is 0 Å². The van der Waals surface area contributed by atoms with Crippen molar-refractivity contribution in [2.45, 2.75) is 18.7 Å². The van der Waals surface area contributed by atoms with E-state index in [1.807, 2.05) is 0 Å². The highest BCUT2D eigenvalue weighted by Gasteiger charge is 2.22. The van der Waals surface area contributed by atoms with Crippen molar-refractivity contribution in [3.8, 4) is 5.75 Å². The minimum Gasteiger partial charge on any atom is -0.495 e. The van der Waals surface area contributed by atoms with E-state index in [9.17, 15) is 18.5 Å². The zero-order valence-corrected chi connectivity index (χ0v) is 13.5. The maximum atomic E-state index is 12.5. The molecule has 0 saturated heterocycles. The monoisotopic (exact) mass is 337 g/mol. The third kappa shape index (κ3) is 3.57. The van der Waals surface area contributed by atoms with E-state index < -0.39 is 14.9 Å². The number of nitrogens with one attached hydrogen (secondary N) is 1. The minimum atomic E-state index is -3.94. The summed E-state index contributed by atoms with van der Waals surface area (Å²) >= 11 is 0. The normalized spacial score (nSPS) is 11.1. The molecule has 0 aliphatic heterocycles. The number of nitro groups is 1. The summed E-state index contributed by atoms with van der Waals surface area (Å²) in [6.45, 7) is 3.29. The average Bonchev–Trinajstić information content (AvgIpc) is 2.49. The number of benzene rings is 1. The number of aryl methyl sites for hydroxylation is 2. The first-order chi connectivity index (χ1) is 10.7. The molecule has 0 fully saturated rings. The molecular formula is C14H15N3O5S. The second-order valence-corrected chi connectivity index (χ2v) is 6.53. The molecule has 0 radical (unpaired) electrons. The SMILES string of the molecule is COc1ccc(C)cc1S(=O)(=O)Nc1ncc([N+](=O)[O-])cc1C. The van der Waals surface area contributed by atoms with Gasteiger partial charge in [-0.1, -0.05) is 6.07 Å². The molecule has 9 heteroatoms. The second-order valence-electron chi connectivity index (χ2n) is 4.88. The van der Waals surface area contributed by atoms with Crippen LogP contribution in [0.3, 0.4) is 0 Å². The van der Waals surface area contributed by atoms with E-state index in [0.717, 1.165) is 11.8 Å². The van der Waals surface area contributed by atoms with Crippen molar-refractivity contribution in [2.24, 2.45) is 0 Å². The van der Waals surface area contributed by atoms with E-state index in [-0.39, 0.29) is 22.2 Å². The zero-order valence-electron chi connectivity index (χ0n) is 12.7. The van der Waals surface area contributed by atoms with Gasteiger partial charge in [-0.25, -0.2) is 13.4 Å². The fourth-order valence-corrected chi connectivity index (χ4v) is 3.28. The molecule has 1 aromatic carbocycles. The van der Waals surface area contributed by atoms with E-state index in [1.54, 1.807) is 19.1 Å². The highest BCUT2D eigenvalue weighted by molar-refractivity contribution is 7.92. The highest BCUT2D eigenvalue weighted by atomic mass is 32.2. The molecule has 23 heavy (non-hydrogen) atoms. The maximum absolute atomic E-state index is 12.5. The summed E-state index contributed by atoms with van der Waals surface area (Å²) < 4.78 is 32.5. The topological polar surface area (TPSA) is 111 Å². The fourth-order valence-electron chi connectivity index (χ4n) is 1.94. The van der Waals surface area contributed by atoms with Gasteiger partial charge in [0.1, 0.15) is 22.7 Å². The Hall–Kier alpha value is -2.68. The van der Waals surface area contributed by atoms with Crippen LogP contribution in [-0.2, 0) is 10.0 Å².